The lowest BCUT2D eigenvalue weighted by atomic mass is 10.2. The maximum absolute atomic E-state index is 11.2. The zero-order chi connectivity index (χ0) is 13.3. The highest BCUT2D eigenvalue weighted by Crippen LogP contribution is 2.20. The van der Waals surface area contributed by atoms with E-state index in [-0.39, 0.29) is 5.56 Å². The standard InChI is InChI=1S/C12H20N4O2/c1-8-10(12(17)18)11(16(3)14-8)13-7-9-5-4-6-15(9)2/h9,13H,4-7H2,1-3H3,(H,17,18). The molecule has 1 aliphatic heterocycles. The molecule has 0 aliphatic carbocycles. The van der Waals surface area contributed by atoms with Crippen molar-refractivity contribution in [1.82, 2.24) is 14.7 Å². The number of hydrogen-bond donors (Lipinski definition) is 2. The minimum Gasteiger partial charge on any atom is -0.477 e. The number of carbonyl (C=O) groups is 1. The first-order valence-corrected chi connectivity index (χ1v) is 6.21. The number of carboxylic acids is 1. The molecule has 0 radical (unpaired) electrons. The van der Waals surface area contributed by atoms with Gasteiger partial charge in [0.15, 0.2) is 0 Å². The maximum Gasteiger partial charge on any atom is 0.341 e. The van der Waals surface area contributed by atoms with Crippen molar-refractivity contribution in [3.8, 4) is 0 Å². The van der Waals surface area contributed by atoms with Crippen LogP contribution in [0, 0.1) is 6.92 Å². The molecular weight excluding hydrogens is 232 g/mol. The molecule has 2 N–H and O–H groups in total. The number of nitrogens with zero attached hydrogens (tertiary/aromatic N) is 3. The summed E-state index contributed by atoms with van der Waals surface area (Å²) >= 11 is 0. The van der Waals surface area contributed by atoms with E-state index < -0.39 is 5.97 Å². The molecule has 0 saturated carbocycles. The number of nitrogens with one attached hydrogen (secondary N) is 1. The van der Waals surface area contributed by atoms with Crippen LogP contribution in [0.5, 0.6) is 0 Å². The molecule has 2 rings (SSSR count). The molecule has 2 heterocycles. The smallest absolute Gasteiger partial charge is 0.341 e. The summed E-state index contributed by atoms with van der Waals surface area (Å²) in [7, 11) is 3.87. The van der Waals surface area contributed by atoms with Gasteiger partial charge < -0.3 is 15.3 Å². The Morgan fingerprint density at radius 1 is 1.56 bits per heavy atom. The average Bonchev–Trinajstić information content (AvgIpc) is 2.79. The predicted molar refractivity (Wildman–Crippen MR) is 69.0 cm³/mol. The van der Waals surface area contributed by atoms with Gasteiger partial charge in [-0.15, -0.1) is 0 Å². The Morgan fingerprint density at radius 2 is 2.28 bits per heavy atom. The third kappa shape index (κ3) is 2.33. The minimum absolute atomic E-state index is 0.276. The van der Waals surface area contributed by atoms with Crippen LogP contribution < -0.4 is 5.32 Å². The van der Waals surface area contributed by atoms with Crippen molar-refractivity contribution in [2.45, 2.75) is 25.8 Å². The summed E-state index contributed by atoms with van der Waals surface area (Å²) in [4.78, 5) is 13.5. The molecule has 1 aliphatic rings. The van der Waals surface area contributed by atoms with Gasteiger partial charge in [-0.2, -0.15) is 5.10 Å². The van der Waals surface area contributed by atoms with E-state index in [0.29, 0.717) is 17.6 Å². The Labute approximate surface area is 107 Å². The monoisotopic (exact) mass is 252 g/mol. The topological polar surface area (TPSA) is 70.4 Å². The van der Waals surface area contributed by atoms with Crippen molar-refractivity contribution < 1.29 is 9.90 Å². The fourth-order valence-corrected chi connectivity index (χ4v) is 2.57. The molecule has 0 bridgehead atoms. The molecule has 1 aromatic heterocycles. The van der Waals surface area contributed by atoms with Gasteiger partial charge in [0.1, 0.15) is 11.4 Å². The number of aryl methyl sites for hydroxylation is 2. The van der Waals surface area contributed by atoms with Gasteiger partial charge in [0.25, 0.3) is 0 Å². The van der Waals surface area contributed by atoms with E-state index in [1.54, 1.807) is 18.7 Å². The van der Waals surface area contributed by atoms with Crippen molar-refractivity contribution in [3.63, 3.8) is 0 Å². The molecule has 6 nitrogen and oxygen atoms in total. The summed E-state index contributed by atoms with van der Waals surface area (Å²) < 4.78 is 1.60. The summed E-state index contributed by atoms with van der Waals surface area (Å²) in [5.74, 6) is -0.330. The lowest BCUT2D eigenvalue weighted by Crippen LogP contribution is -2.32. The number of rotatable bonds is 4. The Hall–Kier alpha value is -1.56. The maximum atomic E-state index is 11.2. The van der Waals surface area contributed by atoms with Crippen LogP contribution in [-0.4, -0.2) is 51.9 Å². The third-order valence-corrected chi connectivity index (χ3v) is 3.61. The van der Waals surface area contributed by atoms with E-state index in [1.165, 1.54) is 6.42 Å². The molecular formula is C12H20N4O2. The van der Waals surface area contributed by atoms with Crippen molar-refractivity contribution in [3.05, 3.63) is 11.3 Å². The van der Waals surface area contributed by atoms with E-state index in [1.807, 2.05) is 0 Å². The fourth-order valence-electron chi connectivity index (χ4n) is 2.57. The second-order valence-electron chi connectivity index (χ2n) is 4.90. The Kier molecular flexibility index (Phi) is 3.56. The second kappa shape index (κ2) is 4.97. The van der Waals surface area contributed by atoms with Crippen LogP contribution in [0.4, 0.5) is 5.82 Å². The van der Waals surface area contributed by atoms with E-state index in [0.717, 1.165) is 19.5 Å². The summed E-state index contributed by atoms with van der Waals surface area (Å²) in [5, 5.41) is 16.6. The van der Waals surface area contributed by atoms with Crippen LogP contribution in [0.3, 0.4) is 0 Å². The molecule has 1 atom stereocenters. The average molecular weight is 252 g/mol. The van der Waals surface area contributed by atoms with Crippen LogP contribution in [-0.2, 0) is 7.05 Å². The van der Waals surface area contributed by atoms with Gasteiger partial charge >= 0.3 is 5.97 Å². The number of aromatic carboxylic acids is 1. The molecule has 0 spiro atoms. The van der Waals surface area contributed by atoms with Crippen molar-refractivity contribution in [2.75, 3.05) is 25.5 Å². The van der Waals surface area contributed by atoms with Gasteiger partial charge in [0.05, 0.1) is 5.69 Å². The highest BCUT2D eigenvalue weighted by Gasteiger charge is 2.23. The van der Waals surface area contributed by atoms with Crippen LogP contribution in [0.1, 0.15) is 28.9 Å². The Morgan fingerprint density at radius 3 is 2.83 bits per heavy atom. The molecule has 1 fully saturated rings. The first kappa shape index (κ1) is 12.9. The zero-order valence-corrected chi connectivity index (χ0v) is 11.1. The van der Waals surface area contributed by atoms with Crippen molar-refractivity contribution in [2.24, 2.45) is 7.05 Å². The molecule has 1 unspecified atom stereocenters. The SMILES string of the molecule is Cc1nn(C)c(NCC2CCCN2C)c1C(=O)O. The molecule has 0 amide bonds. The van der Waals surface area contributed by atoms with E-state index in [9.17, 15) is 9.90 Å². The van der Waals surface area contributed by atoms with Gasteiger partial charge in [-0.05, 0) is 33.4 Å². The molecule has 100 valence electrons. The number of aromatic nitrogens is 2. The lowest BCUT2D eigenvalue weighted by Gasteiger charge is -2.20. The minimum atomic E-state index is -0.928. The number of anilines is 1. The number of carboxylic acid groups (broad SMARTS) is 1. The van der Waals surface area contributed by atoms with E-state index in [2.05, 4.69) is 22.4 Å². The van der Waals surface area contributed by atoms with Gasteiger partial charge in [-0.25, -0.2) is 4.79 Å². The number of likely N-dealkylation sites (N-methyl/N-ethyl adjacent to an activating group) is 1. The summed E-state index contributed by atoms with van der Waals surface area (Å²) in [6, 6.07) is 0.474. The van der Waals surface area contributed by atoms with E-state index >= 15 is 0 Å². The number of hydrogen-bond acceptors (Lipinski definition) is 4. The first-order valence-electron chi connectivity index (χ1n) is 6.21. The molecule has 6 heteroatoms. The quantitative estimate of drug-likeness (QED) is 0.834. The normalized spacial score (nSPS) is 20.3. The largest absolute Gasteiger partial charge is 0.477 e. The Balaban J connectivity index is 2.11. The summed E-state index contributed by atoms with van der Waals surface area (Å²) in [6.07, 6.45) is 2.36. The van der Waals surface area contributed by atoms with E-state index in [4.69, 9.17) is 0 Å². The van der Waals surface area contributed by atoms with Gasteiger partial charge in [0, 0.05) is 19.6 Å². The van der Waals surface area contributed by atoms with Gasteiger partial charge in [0.2, 0.25) is 0 Å². The van der Waals surface area contributed by atoms with Crippen molar-refractivity contribution in [1.29, 1.82) is 0 Å². The highest BCUT2D eigenvalue weighted by atomic mass is 16.4. The highest BCUT2D eigenvalue weighted by molar-refractivity contribution is 5.94. The molecule has 18 heavy (non-hydrogen) atoms. The zero-order valence-electron chi connectivity index (χ0n) is 11.1. The van der Waals surface area contributed by atoms with Gasteiger partial charge in [-0.1, -0.05) is 0 Å². The predicted octanol–water partition coefficient (Wildman–Crippen LogP) is 0.933. The van der Waals surface area contributed by atoms with Crippen LogP contribution in [0.15, 0.2) is 0 Å². The van der Waals surface area contributed by atoms with Crippen molar-refractivity contribution >= 4 is 11.8 Å². The second-order valence-corrected chi connectivity index (χ2v) is 4.90. The number of likely N-dealkylation sites (tertiary alicyclic amines) is 1. The first-order chi connectivity index (χ1) is 8.50. The van der Waals surface area contributed by atoms with Crippen LogP contribution in [0.2, 0.25) is 0 Å². The van der Waals surface area contributed by atoms with Crippen LogP contribution in [0.25, 0.3) is 0 Å². The Bertz CT molecular complexity index is 455. The third-order valence-electron chi connectivity index (χ3n) is 3.61. The molecule has 1 saturated heterocycles. The van der Waals surface area contributed by atoms with Crippen LogP contribution >= 0.6 is 0 Å². The summed E-state index contributed by atoms with van der Waals surface area (Å²) in [6.45, 7) is 3.59. The summed E-state index contributed by atoms with van der Waals surface area (Å²) in [5.41, 5.74) is 0.824. The lowest BCUT2D eigenvalue weighted by molar-refractivity contribution is 0.0697. The fraction of sp³-hybridized carbons (Fsp3) is 0.667. The molecule has 1 aromatic rings. The molecule has 0 aromatic carbocycles. The van der Waals surface area contributed by atoms with Gasteiger partial charge in [-0.3, -0.25) is 4.68 Å².